The minimum absolute atomic E-state index is 0.0622. The van der Waals surface area contributed by atoms with Gasteiger partial charge in [-0.05, 0) is 19.4 Å². The lowest BCUT2D eigenvalue weighted by Crippen LogP contribution is -2.28. The minimum Gasteiger partial charge on any atom is -0.445 e. The fourth-order valence-corrected chi connectivity index (χ4v) is 3.72. The highest BCUT2D eigenvalue weighted by molar-refractivity contribution is 7.22. The van der Waals surface area contributed by atoms with Crippen LogP contribution in [-0.4, -0.2) is 17.0 Å². The fraction of sp³-hybridized carbons (Fsp3) is 0.333. The van der Waals surface area contributed by atoms with Crippen LogP contribution in [0.3, 0.4) is 0 Å². The summed E-state index contributed by atoms with van der Waals surface area (Å²) < 4.78 is 10.5. The van der Waals surface area contributed by atoms with Crippen LogP contribution in [0.15, 0.2) is 39.5 Å². The molecular formula is C21H23N3O5S. The van der Waals surface area contributed by atoms with E-state index in [9.17, 15) is 14.4 Å². The number of fused-ring (bicyclic) bond motifs is 1. The molecule has 158 valence electrons. The first kappa shape index (κ1) is 21.5. The summed E-state index contributed by atoms with van der Waals surface area (Å²) in [4.78, 5) is 41.4. The van der Waals surface area contributed by atoms with Crippen LogP contribution in [0.25, 0.3) is 10.2 Å². The zero-order chi connectivity index (χ0) is 21.8. The molecule has 2 amide bonds. The predicted octanol–water partition coefficient (Wildman–Crippen LogP) is 4.14. The molecule has 0 aliphatic heterocycles. The van der Waals surface area contributed by atoms with Gasteiger partial charge in [0.15, 0.2) is 0 Å². The Bertz CT molecular complexity index is 1120. The number of thiophene rings is 1. The second-order valence-electron chi connectivity index (χ2n) is 7.15. The zero-order valence-electron chi connectivity index (χ0n) is 17.1. The summed E-state index contributed by atoms with van der Waals surface area (Å²) in [7, 11) is 0. The maximum atomic E-state index is 12.5. The summed E-state index contributed by atoms with van der Waals surface area (Å²) in [6.45, 7) is 7.07. The SMILES string of the molecule is Cc1c(NC(=O)C(C)C)sc2nc(C(C)NC(=O)OCc3ccccc3)oc(=O)c12. The lowest BCUT2D eigenvalue weighted by atomic mass is 10.2. The lowest BCUT2D eigenvalue weighted by molar-refractivity contribution is -0.118. The molecule has 0 saturated carbocycles. The van der Waals surface area contributed by atoms with E-state index >= 15 is 0 Å². The number of nitrogens with zero attached hydrogens (tertiary/aromatic N) is 1. The number of carbonyl (C=O) groups is 2. The molecule has 2 heterocycles. The summed E-state index contributed by atoms with van der Waals surface area (Å²) in [5.74, 6) is -0.279. The molecule has 0 spiro atoms. The van der Waals surface area contributed by atoms with E-state index in [1.165, 1.54) is 11.3 Å². The van der Waals surface area contributed by atoms with Crippen LogP contribution >= 0.6 is 11.3 Å². The Morgan fingerprint density at radius 3 is 2.57 bits per heavy atom. The Labute approximate surface area is 177 Å². The largest absolute Gasteiger partial charge is 0.445 e. The maximum Gasteiger partial charge on any atom is 0.408 e. The van der Waals surface area contributed by atoms with E-state index < -0.39 is 17.8 Å². The summed E-state index contributed by atoms with van der Waals surface area (Å²) in [6, 6.07) is 8.60. The molecular weight excluding hydrogens is 406 g/mol. The Morgan fingerprint density at radius 2 is 1.90 bits per heavy atom. The van der Waals surface area contributed by atoms with Crippen LogP contribution in [0, 0.1) is 12.8 Å². The number of nitrogens with one attached hydrogen (secondary N) is 2. The van der Waals surface area contributed by atoms with E-state index in [0.29, 0.717) is 20.8 Å². The van der Waals surface area contributed by atoms with Gasteiger partial charge in [-0.25, -0.2) is 14.6 Å². The van der Waals surface area contributed by atoms with Crippen molar-refractivity contribution in [3.8, 4) is 0 Å². The molecule has 2 aromatic heterocycles. The number of aromatic nitrogens is 1. The van der Waals surface area contributed by atoms with Crippen molar-refractivity contribution >= 4 is 38.6 Å². The number of aryl methyl sites for hydroxylation is 1. The summed E-state index contributed by atoms with van der Waals surface area (Å²) in [5.41, 5.74) is 0.899. The van der Waals surface area contributed by atoms with E-state index in [4.69, 9.17) is 9.15 Å². The van der Waals surface area contributed by atoms with Crippen molar-refractivity contribution < 1.29 is 18.7 Å². The van der Waals surface area contributed by atoms with E-state index in [2.05, 4.69) is 15.6 Å². The zero-order valence-corrected chi connectivity index (χ0v) is 18.0. The Balaban J connectivity index is 1.74. The summed E-state index contributed by atoms with van der Waals surface area (Å²) in [5, 5.41) is 6.29. The number of alkyl carbamates (subject to hydrolysis) is 1. The van der Waals surface area contributed by atoms with Crippen LogP contribution in [0.1, 0.15) is 43.8 Å². The second kappa shape index (κ2) is 9.08. The van der Waals surface area contributed by atoms with Crippen LogP contribution in [0.5, 0.6) is 0 Å². The van der Waals surface area contributed by atoms with Crippen molar-refractivity contribution in [1.29, 1.82) is 0 Å². The van der Waals surface area contributed by atoms with Gasteiger partial charge in [0.1, 0.15) is 27.9 Å². The van der Waals surface area contributed by atoms with Gasteiger partial charge in [-0.1, -0.05) is 55.5 Å². The van der Waals surface area contributed by atoms with Crippen LogP contribution in [0.2, 0.25) is 0 Å². The molecule has 0 bridgehead atoms. The first-order chi connectivity index (χ1) is 14.3. The monoisotopic (exact) mass is 429 g/mol. The average Bonchev–Trinajstić information content (AvgIpc) is 3.02. The van der Waals surface area contributed by atoms with Gasteiger partial charge < -0.3 is 19.8 Å². The molecule has 2 N–H and O–H groups in total. The standard InChI is InChI=1S/C21H23N3O5S/c1-11(2)16(25)23-18-12(3)15-19(30-18)24-17(29-20(15)26)13(4)22-21(27)28-10-14-8-6-5-7-9-14/h5-9,11,13H,10H2,1-4H3,(H,22,27)(H,23,25). The molecule has 9 heteroatoms. The Hall–Kier alpha value is -3.20. The molecule has 3 rings (SSSR count). The van der Waals surface area contributed by atoms with Gasteiger partial charge in [-0.2, -0.15) is 0 Å². The maximum absolute atomic E-state index is 12.5. The summed E-state index contributed by atoms with van der Waals surface area (Å²) in [6.07, 6.45) is -0.650. The number of hydrogen-bond donors (Lipinski definition) is 2. The van der Waals surface area contributed by atoms with Gasteiger partial charge in [0.2, 0.25) is 11.8 Å². The number of carbonyl (C=O) groups excluding carboxylic acids is 2. The van der Waals surface area contributed by atoms with Crippen LogP contribution < -0.4 is 16.3 Å². The van der Waals surface area contributed by atoms with Gasteiger partial charge >= 0.3 is 11.7 Å². The highest BCUT2D eigenvalue weighted by Gasteiger charge is 2.21. The van der Waals surface area contributed by atoms with Gasteiger partial charge in [0.25, 0.3) is 0 Å². The van der Waals surface area contributed by atoms with Crippen molar-refractivity contribution in [2.24, 2.45) is 5.92 Å². The highest BCUT2D eigenvalue weighted by Crippen LogP contribution is 2.33. The molecule has 1 atom stereocenters. The second-order valence-corrected chi connectivity index (χ2v) is 8.15. The first-order valence-corrected chi connectivity index (χ1v) is 10.3. The summed E-state index contributed by atoms with van der Waals surface area (Å²) >= 11 is 1.19. The molecule has 0 aliphatic carbocycles. The lowest BCUT2D eigenvalue weighted by Gasteiger charge is -2.12. The van der Waals surface area contributed by atoms with Crippen molar-refractivity contribution in [3.05, 3.63) is 57.8 Å². The van der Waals surface area contributed by atoms with Gasteiger partial charge in [-0.3, -0.25) is 4.79 Å². The van der Waals surface area contributed by atoms with Gasteiger partial charge in [0.05, 0.1) is 0 Å². The molecule has 30 heavy (non-hydrogen) atoms. The van der Waals surface area contributed by atoms with Crippen LogP contribution in [0.4, 0.5) is 9.80 Å². The molecule has 1 aromatic carbocycles. The van der Waals surface area contributed by atoms with Crippen molar-refractivity contribution in [1.82, 2.24) is 10.3 Å². The Kier molecular flexibility index (Phi) is 6.51. The third kappa shape index (κ3) is 4.85. The van der Waals surface area contributed by atoms with Gasteiger partial charge in [-0.15, -0.1) is 0 Å². The number of rotatable bonds is 6. The topological polar surface area (TPSA) is 111 Å². The molecule has 0 radical (unpaired) electrons. The minimum atomic E-state index is -0.679. The van der Waals surface area contributed by atoms with Crippen LogP contribution in [-0.2, 0) is 16.1 Å². The van der Waals surface area contributed by atoms with E-state index in [1.54, 1.807) is 27.7 Å². The van der Waals surface area contributed by atoms with Crippen molar-refractivity contribution in [2.45, 2.75) is 40.3 Å². The van der Waals surface area contributed by atoms with Crippen molar-refractivity contribution in [2.75, 3.05) is 5.32 Å². The molecule has 0 fully saturated rings. The number of amides is 2. The van der Waals surface area contributed by atoms with E-state index in [0.717, 1.165) is 5.56 Å². The number of hydrogen-bond acceptors (Lipinski definition) is 7. The smallest absolute Gasteiger partial charge is 0.408 e. The number of anilines is 1. The molecule has 0 saturated heterocycles. The third-order valence-corrected chi connectivity index (χ3v) is 5.52. The highest BCUT2D eigenvalue weighted by atomic mass is 32.1. The number of benzene rings is 1. The van der Waals surface area contributed by atoms with Crippen molar-refractivity contribution in [3.63, 3.8) is 0 Å². The average molecular weight is 429 g/mol. The molecule has 1 unspecified atom stereocenters. The third-order valence-electron chi connectivity index (χ3n) is 4.42. The number of ether oxygens (including phenoxy) is 1. The predicted molar refractivity (Wildman–Crippen MR) is 115 cm³/mol. The Morgan fingerprint density at radius 1 is 1.20 bits per heavy atom. The molecule has 3 aromatic rings. The quantitative estimate of drug-likeness (QED) is 0.609. The fourth-order valence-electron chi connectivity index (χ4n) is 2.65. The molecule has 8 nitrogen and oxygen atoms in total. The van der Waals surface area contributed by atoms with Gasteiger partial charge in [0, 0.05) is 11.5 Å². The van der Waals surface area contributed by atoms with E-state index in [-0.39, 0.29) is 24.3 Å². The molecule has 0 aliphatic rings. The van der Waals surface area contributed by atoms with E-state index in [1.807, 2.05) is 30.3 Å². The normalized spacial score (nSPS) is 12.0. The first-order valence-electron chi connectivity index (χ1n) is 9.48.